The van der Waals surface area contributed by atoms with Gasteiger partial charge in [-0.05, 0) is 30.3 Å². The van der Waals surface area contributed by atoms with Gasteiger partial charge in [-0.15, -0.1) is 0 Å². The predicted octanol–water partition coefficient (Wildman–Crippen LogP) is 1.10. The van der Waals surface area contributed by atoms with E-state index in [1.165, 1.54) is 31.4 Å². The second-order valence-corrected chi connectivity index (χ2v) is 6.02. The summed E-state index contributed by atoms with van der Waals surface area (Å²) in [5, 5.41) is 0. The Morgan fingerprint density at radius 2 is 1.86 bits per heavy atom. The number of benzene rings is 2. The highest BCUT2D eigenvalue weighted by Crippen LogP contribution is 2.21. The zero-order chi connectivity index (χ0) is 16.2. The van der Waals surface area contributed by atoms with Crippen LogP contribution in [-0.4, -0.2) is 21.4 Å². The number of hydrogen-bond acceptors (Lipinski definition) is 5. The van der Waals surface area contributed by atoms with Crippen molar-refractivity contribution in [3.63, 3.8) is 0 Å². The number of nitrogen functional groups attached to an aromatic ring is 1. The van der Waals surface area contributed by atoms with Crippen molar-refractivity contribution in [3.8, 4) is 5.75 Å². The van der Waals surface area contributed by atoms with Crippen LogP contribution in [0.1, 0.15) is 10.4 Å². The van der Waals surface area contributed by atoms with E-state index in [9.17, 15) is 13.2 Å². The Kier molecular flexibility index (Phi) is 4.64. The lowest BCUT2D eigenvalue weighted by Crippen LogP contribution is -2.30. The molecule has 22 heavy (non-hydrogen) atoms. The van der Waals surface area contributed by atoms with Crippen LogP contribution in [0.3, 0.4) is 0 Å². The fourth-order valence-electron chi connectivity index (χ4n) is 1.79. The van der Waals surface area contributed by atoms with Crippen molar-refractivity contribution in [2.75, 3.05) is 11.8 Å². The van der Waals surface area contributed by atoms with E-state index in [2.05, 4.69) is 4.72 Å². The number of ether oxygens (including phenoxy) is 1. The number of nitrogens with one attached hydrogen (secondary N) is 2. The molecule has 0 spiro atoms. The molecule has 116 valence electrons. The van der Waals surface area contributed by atoms with Gasteiger partial charge in [0.25, 0.3) is 15.9 Å². The average Bonchev–Trinajstić information content (AvgIpc) is 2.54. The largest absolute Gasteiger partial charge is 0.497 e. The van der Waals surface area contributed by atoms with Gasteiger partial charge in [-0.3, -0.25) is 14.9 Å². The summed E-state index contributed by atoms with van der Waals surface area (Å²) < 4.78 is 32.2. The molecular formula is C14H15N3O4S. The van der Waals surface area contributed by atoms with Gasteiger partial charge in [0, 0.05) is 11.6 Å². The fraction of sp³-hybridized carbons (Fsp3) is 0.0714. The fourth-order valence-corrected chi connectivity index (χ4v) is 2.88. The Hall–Kier alpha value is -2.58. The molecule has 0 fully saturated rings. The van der Waals surface area contributed by atoms with Crippen LogP contribution in [0.25, 0.3) is 0 Å². The van der Waals surface area contributed by atoms with Gasteiger partial charge in [-0.1, -0.05) is 12.1 Å². The number of amides is 1. The van der Waals surface area contributed by atoms with Crippen LogP contribution in [0.4, 0.5) is 5.69 Å². The summed E-state index contributed by atoms with van der Waals surface area (Å²) >= 11 is 0. The minimum Gasteiger partial charge on any atom is -0.497 e. The van der Waals surface area contributed by atoms with E-state index >= 15 is 0 Å². The number of hydrogen-bond donors (Lipinski definition) is 3. The Labute approximate surface area is 128 Å². The van der Waals surface area contributed by atoms with E-state index in [1.54, 1.807) is 24.3 Å². The minimum absolute atomic E-state index is 0.0450. The highest BCUT2D eigenvalue weighted by atomic mass is 32.2. The molecule has 0 radical (unpaired) electrons. The molecule has 0 atom stereocenters. The number of methoxy groups -OCH3 is 1. The van der Waals surface area contributed by atoms with Crippen LogP contribution in [0.15, 0.2) is 53.4 Å². The Balaban J connectivity index is 2.32. The first kappa shape index (κ1) is 15.8. The van der Waals surface area contributed by atoms with Crippen molar-refractivity contribution >= 4 is 21.6 Å². The highest BCUT2D eigenvalue weighted by molar-refractivity contribution is 7.92. The lowest BCUT2D eigenvalue weighted by atomic mass is 10.2. The van der Waals surface area contributed by atoms with Gasteiger partial charge < -0.3 is 4.74 Å². The lowest BCUT2D eigenvalue weighted by molar-refractivity contribution is 0.0953. The van der Waals surface area contributed by atoms with Crippen molar-refractivity contribution in [1.29, 1.82) is 0 Å². The third-order valence-corrected chi connectivity index (χ3v) is 4.24. The zero-order valence-corrected chi connectivity index (χ0v) is 12.6. The van der Waals surface area contributed by atoms with Crippen LogP contribution < -0.4 is 20.7 Å². The normalized spacial score (nSPS) is 10.8. The van der Waals surface area contributed by atoms with Crippen molar-refractivity contribution < 1.29 is 17.9 Å². The number of carbonyl (C=O) groups excluding carboxylic acids is 1. The molecule has 0 aliphatic rings. The molecule has 8 heteroatoms. The van der Waals surface area contributed by atoms with E-state index in [-0.39, 0.29) is 10.5 Å². The molecule has 2 aromatic rings. The zero-order valence-electron chi connectivity index (χ0n) is 11.7. The highest BCUT2D eigenvalue weighted by Gasteiger charge is 2.16. The third-order valence-electron chi connectivity index (χ3n) is 2.86. The standard InChI is InChI=1S/C14H15N3O4S/c1-21-12-6-3-5-11(9-12)17-22(19,20)13-7-2-4-10(8-13)14(18)16-15/h2-9,17H,15H2,1H3,(H,16,18). The van der Waals surface area contributed by atoms with Crippen LogP contribution in [-0.2, 0) is 10.0 Å². The number of nitrogens with two attached hydrogens (primary N) is 1. The first-order chi connectivity index (χ1) is 10.5. The smallest absolute Gasteiger partial charge is 0.265 e. The molecule has 0 saturated heterocycles. The summed E-state index contributed by atoms with van der Waals surface area (Å²) in [5.74, 6) is 4.99. The van der Waals surface area contributed by atoms with Crippen LogP contribution >= 0.6 is 0 Å². The van der Waals surface area contributed by atoms with Crippen molar-refractivity contribution in [3.05, 3.63) is 54.1 Å². The number of carbonyl (C=O) groups is 1. The molecule has 1 amide bonds. The molecule has 2 aromatic carbocycles. The second-order valence-electron chi connectivity index (χ2n) is 4.34. The molecule has 7 nitrogen and oxygen atoms in total. The number of sulfonamides is 1. The molecule has 0 unspecified atom stereocenters. The van der Waals surface area contributed by atoms with Crippen LogP contribution in [0.5, 0.6) is 5.75 Å². The number of hydrazine groups is 1. The summed E-state index contributed by atoms with van der Waals surface area (Å²) in [4.78, 5) is 11.4. The second kappa shape index (κ2) is 6.46. The summed E-state index contributed by atoms with van der Waals surface area (Å²) in [5.41, 5.74) is 2.46. The van der Waals surface area contributed by atoms with E-state index in [4.69, 9.17) is 10.6 Å². The molecular weight excluding hydrogens is 306 g/mol. The average molecular weight is 321 g/mol. The molecule has 4 N–H and O–H groups in total. The van der Waals surface area contributed by atoms with Crippen LogP contribution in [0, 0.1) is 0 Å². The van der Waals surface area contributed by atoms with Gasteiger partial charge in [-0.2, -0.15) is 0 Å². The molecule has 0 aromatic heterocycles. The molecule has 0 saturated carbocycles. The Morgan fingerprint density at radius 3 is 2.55 bits per heavy atom. The maximum Gasteiger partial charge on any atom is 0.265 e. The quantitative estimate of drug-likeness (QED) is 0.434. The SMILES string of the molecule is COc1cccc(NS(=O)(=O)c2cccc(C(=O)NN)c2)c1. The maximum atomic E-state index is 12.3. The third kappa shape index (κ3) is 3.54. The van der Waals surface area contributed by atoms with Gasteiger partial charge in [0.2, 0.25) is 0 Å². The molecule has 0 aliphatic heterocycles. The van der Waals surface area contributed by atoms with Crippen molar-refractivity contribution in [2.45, 2.75) is 4.90 Å². The van der Waals surface area contributed by atoms with Crippen LogP contribution in [0.2, 0.25) is 0 Å². The number of rotatable bonds is 5. The van der Waals surface area contributed by atoms with Gasteiger partial charge in [0.05, 0.1) is 17.7 Å². The predicted molar refractivity (Wildman–Crippen MR) is 81.9 cm³/mol. The van der Waals surface area contributed by atoms with E-state index in [0.29, 0.717) is 11.4 Å². The summed E-state index contributed by atoms with van der Waals surface area (Å²) in [6.07, 6.45) is 0. The van der Waals surface area contributed by atoms with Gasteiger partial charge >= 0.3 is 0 Å². The Morgan fingerprint density at radius 1 is 1.14 bits per heavy atom. The summed E-state index contributed by atoms with van der Waals surface area (Å²) in [7, 11) is -2.34. The summed E-state index contributed by atoms with van der Waals surface area (Å²) in [6.45, 7) is 0. The maximum absolute atomic E-state index is 12.3. The van der Waals surface area contributed by atoms with Gasteiger partial charge in [0.1, 0.15) is 5.75 Å². The minimum atomic E-state index is -3.83. The van der Waals surface area contributed by atoms with Crippen molar-refractivity contribution in [2.24, 2.45) is 5.84 Å². The Bertz CT molecular complexity index is 790. The number of anilines is 1. The molecule has 0 heterocycles. The van der Waals surface area contributed by atoms with Crippen molar-refractivity contribution in [1.82, 2.24) is 5.43 Å². The molecule has 0 bridgehead atoms. The monoisotopic (exact) mass is 321 g/mol. The first-order valence-corrected chi connectivity index (χ1v) is 7.72. The molecule has 2 rings (SSSR count). The topological polar surface area (TPSA) is 111 Å². The van der Waals surface area contributed by atoms with E-state index < -0.39 is 15.9 Å². The van der Waals surface area contributed by atoms with E-state index in [0.717, 1.165) is 0 Å². The lowest BCUT2D eigenvalue weighted by Gasteiger charge is -2.10. The molecule has 0 aliphatic carbocycles. The van der Waals surface area contributed by atoms with Gasteiger partial charge in [-0.25, -0.2) is 14.3 Å². The van der Waals surface area contributed by atoms with Gasteiger partial charge in [0.15, 0.2) is 0 Å². The first-order valence-electron chi connectivity index (χ1n) is 6.24. The van der Waals surface area contributed by atoms with E-state index in [1.807, 2.05) is 5.43 Å². The summed E-state index contributed by atoms with van der Waals surface area (Å²) in [6, 6.07) is 12.1.